The minimum absolute atomic E-state index is 0.0655. The van der Waals surface area contributed by atoms with Crippen molar-refractivity contribution in [1.29, 1.82) is 0 Å². The molecule has 1 aliphatic rings. The Labute approximate surface area is 138 Å². The van der Waals surface area contributed by atoms with Gasteiger partial charge in [-0.1, -0.05) is 0 Å². The van der Waals surface area contributed by atoms with Crippen molar-refractivity contribution in [2.24, 2.45) is 0 Å². The van der Waals surface area contributed by atoms with E-state index in [1.807, 2.05) is 19.1 Å². The molecule has 1 N–H and O–H groups in total. The van der Waals surface area contributed by atoms with Gasteiger partial charge in [-0.15, -0.1) is 0 Å². The van der Waals surface area contributed by atoms with Gasteiger partial charge in [0, 0.05) is 18.0 Å². The average molecular weight is 345 g/mol. The van der Waals surface area contributed by atoms with E-state index in [0.717, 1.165) is 5.56 Å². The number of aromatic amines is 1. The number of rotatable bonds is 3. The Bertz CT molecular complexity index is 978. The van der Waals surface area contributed by atoms with Crippen molar-refractivity contribution in [3.05, 3.63) is 30.2 Å². The highest BCUT2D eigenvalue weighted by Crippen LogP contribution is 2.30. The lowest BCUT2D eigenvalue weighted by Gasteiger charge is -2.10. The van der Waals surface area contributed by atoms with Crippen LogP contribution in [0, 0.1) is 6.92 Å². The van der Waals surface area contributed by atoms with Crippen LogP contribution in [0.2, 0.25) is 0 Å². The predicted octanol–water partition coefficient (Wildman–Crippen LogP) is 0.793. The molecule has 4 heterocycles. The van der Waals surface area contributed by atoms with Crippen molar-refractivity contribution in [3.63, 3.8) is 0 Å². The van der Waals surface area contributed by atoms with Crippen molar-refractivity contribution in [1.82, 2.24) is 35.2 Å². The van der Waals surface area contributed by atoms with Gasteiger partial charge in [-0.2, -0.15) is 20.5 Å². The minimum Gasteiger partial charge on any atom is -0.265 e. The van der Waals surface area contributed by atoms with E-state index in [1.54, 1.807) is 17.1 Å². The van der Waals surface area contributed by atoms with Gasteiger partial charge >= 0.3 is 0 Å². The van der Waals surface area contributed by atoms with Crippen LogP contribution >= 0.6 is 0 Å². The Hall–Kier alpha value is -2.62. The smallest absolute Gasteiger partial charge is 0.181 e. The molecule has 0 unspecified atom stereocenters. The number of nitrogens with zero attached hydrogens (tertiary/aromatic N) is 6. The van der Waals surface area contributed by atoms with Gasteiger partial charge in [0.1, 0.15) is 0 Å². The van der Waals surface area contributed by atoms with Crippen LogP contribution in [0.1, 0.15) is 18.2 Å². The number of aromatic nitrogens is 7. The molecule has 124 valence electrons. The lowest BCUT2D eigenvalue weighted by Crippen LogP contribution is -2.14. The summed E-state index contributed by atoms with van der Waals surface area (Å²) in [7, 11) is -3.04. The van der Waals surface area contributed by atoms with Crippen LogP contribution in [-0.4, -0.2) is 55.1 Å². The normalized spacial score (nSPS) is 19.6. The third-order valence-electron chi connectivity index (χ3n) is 4.06. The van der Waals surface area contributed by atoms with Crippen LogP contribution in [0.3, 0.4) is 0 Å². The van der Waals surface area contributed by atoms with Crippen molar-refractivity contribution < 1.29 is 8.42 Å². The van der Waals surface area contributed by atoms with E-state index in [1.165, 1.54) is 0 Å². The maximum atomic E-state index is 11.9. The largest absolute Gasteiger partial charge is 0.265 e. The van der Waals surface area contributed by atoms with Crippen LogP contribution in [-0.2, 0) is 9.84 Å². The summed E-state index contributed by atoms with van der Waals surface area (Å²) in [5.41, 5.74) is 2.07. The minimum atomic E-state index is -3.04. The average Bonchev–Trinajstić information content (AvgIpc) is 3.26. The first kappa shape index (κ1) is 14.9. The molecule has 0 radical (unpaired) electrons. The Morgan fingerprint density at radius 1 is 1.25 bits per heavy atom. The molecule has 0 amide bonds. The van der Waals surface area contributed by atoms with Gasteiger partial charge < -0.3 is 0 Å². The fourth-order valence-corrected chi connectivity index (χ4v) is 4.52. The number of aryl methyl sites for hydroxylation is 1. The molecule has 3 aromatic rings. The molecule has 10 heteroatoms. The molecule has 0 bridgehead atoms. The number of hydrogen-bond donors (Lipinski definition) is 1. The quantitative estimate of drug-likeness (QED) is 0.745. The Kier molecular flexibility index (Phi) is 3.41. The molecular formula is C14H15N7O2S. The Balaban J connectivity index is 1.85. The number of H-pyrrole nitrogens is 1. The molecule has 24 heavy (non-hydrogen) atoms. The first-order chi connectivity index (χ1) is 11.5. The molecular weight excluding hydrogens is 330 g/mol. The van der Waals surface area contributed by atoms with E-state index in [4.69, 9.17) is 0 Å². The van der Waals surface area contributed by atoms with Gasteiger partial charge in [-0.25, -0.2) is 18.1 Å². The topological polar surface area (TPSA) is 119 Å². The Morgan fingerprint density at radius 2 is 2.04 bits per heavy atom. The standard InChI is InChI=1S/C14H15N7O2S/c1-9-12(18-20-17-9)14-16-13(10-2-5-15-6-3-10)19-21(14)11-4-7-24(22,23)8-11/h2-3,5-6,11H,4,7-8H2,1H3,(H,17,18,20)/t11-/m1/s1. The highest BCUT2D eigenvalue weighted by atomic mass is 32.2. The van der Waals surface area contributed by atoms with E-state index in [2.05, 4.69) is 30.5 Å². The number of hydrogen-bond acceptors (Lipinski definition) is 7. The SMILES string of the molecule is Cc1n[nH]nc1-c1nc(-c2ccncc2)nn1[C@@H]1CCS(=O)(=O)C1. The predicted molar refractivity (Wildman–Crippen MR) is 85.7 cm³/mol. The number of pyridine rings is 1. The van der Waals surface area contributed by atoms with Crippen molar-refractivity contribution in [3.8, 4) is 22.9 Å². The third kappa shape index (κ3) is 2.58. The van der Waals surface area contributed by atoms with Gasteiger partial charge in [0.05, 0.1) is 23.2 Å². The molecule has 0 spiro atoms. The van der Waals surface area contributed by atoms with Gasteiger partial charge in [-0.05, 0) is 25.5 Å². The van der Waals surface area contributed by atoms with Gasteiger partial charge in [0.15, 0.2) is 27.2 Å². The second-order valence-corrected chi connectivity index (χ2v) is 7.98. The molecule has 1 atom stereocenters. The monoisotopic (exact) mass is 345 g/mol. The molecule has 0 aromatic carbocycles. The second kappa shape index (κ2) is 5.48. The summed E-state index contributed by atoms with van der Waals surface area (Å²) in [5.74, 6) is 1.27. The van der Waals surface area contributed by atoms with Crippen molar-refractivity contribution >= 4 is 9.84 Å². The lowest BCUT2D eigenvalue weighted by atomic mass is 10.2. The van der Waals surface area contributed by atoms with Crippen LogP contribution in [0.4, 0.5) is 0 Å². The van der Waals surface area contributed by atoms with E-state index >= 15 is 0 Å². The fraction of sp³-hybridized carbons (Fsp3) is 0.357. The van der Waals surface area contributed by atoms with E-state index < -0.39 is 9.84 Å². The molecule has 1 saturated heterocycles. The van der Waals surface area contributed by atoms with Crippen molar-refractivity contribution in [2.45, 2.75) is 19.4 Å². The summed E-state index contributed by atoms with van der Waals surface area (Å²) < 4.78 is 25.4. The van der Waals surface area contributed by atoms with E-state index in [0.29, 0.717) is 29.5 Å². The molecule has 1 fully saturated rings. The third-order valence-corrected chi connectivity index (χ3v) is 5.81. The molecule has 3 aromatic heterocycles. The van der Waals surface area contributed by atoms with Gasteiger partial charge in [0.2, 0.25) is 0 Å². The summed E-state index contributed by atoms with van der Waals surface area (Å²) in [5, 5.41) is 15.3. The van der Waals surface area contributed by atoms with Crippen LogP contribution in [0.15, 0.2) is 24.5 Å². The highest BCUT2D eigenvalue weighted by molar-refractivity contribution is 7.91. The highest BCUT2D eigenvalue weighted by Gasteiger charge is 2.33. The number of sulfone groups is 1. The summed E-state index contributed by atoms with van der Waals surface area (Å²) in [6.07, 6.45) is 3.85. The van der Waals surface area contributed by atoms with E-state index in [-0.39, 0.29) is 17.5 Å². The zero-order chi connectivity index (χ0) is 16.7. The van der Waals surface area contributed by atoms with Crippen molar-refractivity contribution in [2.75, 3.05) is 11.5 Å². The summed E-state index contributed by atoms with van der Waals surface area (Å²) in [4.78, 5) is 8.57. The summed E-state index contributed by atoms with van der Waals surface area (Å²) in [6, 6.07) is 3.37. The number of nitrogens with one attached hydrogen (secondary N) is 1. The van der Waals surface area contributed by atoms with E-state index in [9.17, 15) is 8.42 Å². The molecule has 0 saturated carbocycles. The fourth-order valence-electron chi connectivity index (χ4n) is 2.83. The molecule has 1 aliphatic heterocycles. The Morgan fingerprint density at radius 3 is 2.67 bits per heavy atom. The van der Waals surface area contributed by atoms with Crippen LogP contribution < -0.4 is 0 Å². The first-order valence-corrected chi connectivity index (χ1v) is 9.31. The second-order valence-electron chi connectivity index (χ2n) is 5.75. The van der Waals surface area contributed by atoms with Gasteiger partial charge in [0.25, 0.3) is 0 Å². The summed E-state index contributed by atoms with van der Waals surface area (Å²) in [6.45, 7) is 1.81. The molecule has 0 aliphatic carbocycles. The molecule has 9 nitrogen and oxygen atoms in total. The molecule has 4 rings (SSSR count). The summed E-state index contributed by atoms with van der Waals surface area (Å²) >= 11 is 0. The lowest BCUT2D eigenvalue weighted by molar-refractivity contribution is 0.504. The zero-order valence-electron chi connectivity index (χ0n) is 12.9. The van der Waals surface area contributed by atoms with Gasteiger partial charge in [-0.3, -0.25) is 4.98 Å². The van der Waals surface area contributed by atoms with Crippen LogP contribution in [0.5, 0.6) is 0 Å². The maximum Gasteiger partial charge on any atom is 0.181 e. The van der Waals surface area contributed by atoms with Crippen LogP contribution in [0.25, 0.3) is 22.9 Å². The zero-order valence-corrected chi connectivity index (χ0v) is 13.7. The first-order valence-electron chi connectivity index (χ1n) is 7.48. The maximum absolute atomic E-state index is 11.9.